The lowest BCUT2D eigenvalue weighted by molar-refractivity contribution is -0.636. The molecule has 0 radical (unpaired) electrons. The molecule has 2 aliphatic heterocycles. The smallest absolute Gasteiger partial charge is 0.163 e. The second-order valence-electron chi connectivity index (χ2n) is 6.11. The molecule has 0 bridgehead atoms. The molecule has 5 nitrogen and oxygen atoms in total. The van der Waals surface area contributed by atoms with Crippen molar-refractivity contribution in [3.05, 3.63) is 44.9 Å². The number of nitrogens with zero attached hydrogens (tertiary/aromatic N) is 2. The highest BCUT2D eigenvalue weighted by atomic mass is 35.5. The van der Waals surface area contributed by atoms with Crippen molar-refractivity contribution >= 4 is 40.7 Å². The summed E-state index contributed by atoms with van der Waals surface area (Å²) in [5, 5.41) is 10.6. The number of hydrogen-bond donors (Lipinski definition) is 1. The molecule has 0 saturated carbocycles. The quantitative estimate of drug-likeness (QED) is 0.787. The Morgan fingerprint density at radius 2 is 2.36 bits per heavy atom. The summed E-state index contributed by atoms with van der Waals surface area (Å²) in [6.07, 6.45) is 3.48. The van der Waals surface area contributed by atoms with E-state index in [1.54, 1.807) is 11.3 Å². The molecule has 3 heterocycles. The molecular formula is C17H19ClN3O2S2+. The molecule has 4 rings (SSSR count). The first-order chi connectivity index (χ1) is 12.3. The van der Waals surface area contributed by atoms with Crippen molar-refractivity contribution in [3.63, 3.8) is 0 Å². The SMILES string of the molecule is CSOc1cccc(Cl)c1C1CC(c2csc(C3CC[NH2+]C3)n2)=NO1. The highest BCUT2D eigenvalue weighted by molar-refractivity contribution is 7.94. The van der Waals surface area contributed by atoms with Crippen LogP contribution < -0.4 is 9.50 Å². The summed E-state index contributed by atoms with van der Waals surface area (Å²) in [4.78, 5) is 10.5. The lowest BCUT2D eigenvalue weighted by Crippen LogP contribution is -2.81. The van der Waals surface area contributed by atoms with E-state index in [-0.39, 0.29) is 6.10 Å². The Morgan fingerprint density at radius 1 is 1.44 bits per heavy atom. The standard InChI is InChI=1S/C17H18ClN3O2S2/c1-24-23-14-4-2-3-11(18)16(14)15-7-12(21-22-15)13-9-25-17(20-13)10-5-6-19-8-10/h2-4,9-10,15,19H,5-8H2,1H3/p+1. The predicted octanol–water partition coefficient (Wildman–Crippen LogP) is 3.37. The second kappa shape index (κ2) is 7.53. The summed E-state index contributed by atoms with van der Waals surface area (Å²) >= 11 is 9.40. The van der Waals surface area contributed by atoms with Crippen LogP contribution in [0.4, 0.5) is 0 Å². The van der Waals surface area contributed by atoms with Crippen LogP contribution in [0.15, 0.2) is 28.7 Å². The van der Waals surface area contributed by atoms with E-state index in [1.807, 2.05) is 24.5 Å². The first-order valence-corrected chi connectivity index (χ1v) is 10.7. The van der Waals surface area contributed by atoms with Crippen LogP contribution in [0.5, 0.6) is 5.75 Å². The predicted molar refractivity (Wildman–Crippen MR) is 102 cm³/mol. The van der Waals surface area contributed by atoms with Crippen molar-refractivity contribution in [3.8, 4) is 5.75 Å². The second-order valence-corrected chi connectivity index (χ2v) is 7.90. The van der Waals surface area contributed by atoms with Crippen LogP contribution in [0.2, 0.25) is 5.02 Å². The van der Waals surface area contributed by atoms with Gasteiger partial charge in [0.25, 0.3) is 0 Å². The molecule has 2 unspecified atom stereocenters. The molecule has 2 atom stereocenters. The highest BCUT2D eigenvalue weighted by Gasteiger charge is 2.31. The number of aromatic nitrogens is 1. The summed E-state index contributed by atoms with van der Waals surface area (Å²) < 4.78 is 5.63. The zero-order chi connectivity index (χ0) is 17.2. The zero-order valence-electron chi connectivity index (χ0n) is 13.8. The highest BCUT2D eigenvalue weighted by Crippen LogP contribution is 2.40. The van der Waals surface area contributed by atoms with Crippen LogP contribution in [0.1, 0.15) is 41.1 Å². The van der Waals surface area contributed by atoms with Crippen LogP contribution in [-0.2, 0) is 4.84 Å². The van der Waals surface area contributed by atoms with Gasteiger partial charge in [0.2, 0.25) is 0 Å². The molecule has 132 valence electrons. The van der Waals surface area contributed by atoms with E-state index >= 15 is 0 Å². The van der Waals surface area contributed by atoms with E-state index in [4.69, 9.17) is 25.6 Å². The molecule has 1 saturated heterocycles. The van der Waals surface area contributed by atoms with Gasteiger partial charge in [-0.2, -0.15) is 0 Å². The Labute approximate surface area is 160 Å². The van der Waals surface area contributed by atoms with Gasteiger partial charge in [-0.1, -0.05) is 22.8 Å². The van der Waals surface area contributed by atoms with Gasteiger partial charge in [0, 0.05) is 24.5 Å². The van der Waals surface area contributed by atoms with Gasteiger partial charge in [-0.15, -0.1) is 11.3 Å². The van der Waals surface area contributed by atoms with Crippen LogP contribution in [0.25, 0.3) is 0 Å². The maximum atomic E-state index is 6.39. The number of halogens is 1. The molecule has 1 fully saturated rings. The zero-order valence-corrected chi connectivity index (χ0v) is 16.2. The molecule has 2 N–H and O–H groups in total. The average molecular weight is 397 g/mol. The molecular weight excluding hydrogens is 378 g/mol. The summed E-state index contributed by atoms with van der Waals surface area (Å²) in [5.41, 5.74) is 2.65. The van der Waals surface area contributed by atoms with Gasteiger partial charge in [0.15, 0.2) is 6.10 Å². The lowest BCUT2D eigenvalue weighted by atomic mass is 10.0. The third-order valence-electron chi connectivity index (χ3n) is 4.51. The van der Waals surface area contributed by atoms with Gasteiger partial charge in [-0.05, 0) is 12.1 Å². The maximum Gasteiger partial charge on any atom is 0.163 e. The third kappa shape index (κ3) is 3.51. The van der Waals surface area contributed by atoms with Crippen LogP contribution in [-0.4, -0.2) is 30.0 Å². The molecule has 1 aromatic carbocycles. The van der Waals surface area contributed by atoms with Gasteiger partial charge in [-0.3, -0.25) is 0 Å². The summed E-state index contributed by atoms with van der Waals surface area (Å²) in [6.45, 7) is 2.32. The minimum atomic E-state index is -0.240. The number of quaternary nitrogens is 1. The Balaban J connectivity index is 1.52. The molecule has 2 aliphatic rings. The normalized spacial score (nSPS) is 22.7. The lowest BCUT2D eigenvalue weighted by Gasteiger charge is -2.14. The summed E-state index contributed by atoms with van der Waals surface area (Å²) in [5.74, 6) is 1.30. The Hall–Kier alpha value is -1.28. The van der Waals surface area contributed by atoms with Crippen LogP contribution >= 0.6 is 35.0 Å². The van der Waals surface area contributed by atoms with Crippen molar-refractivity contribution in [2.45, 2.75) is 24.9 Å². The number of nitrogens with two attached hydrogens (primary N) is 1. The van der Waals surface area contributed by atoms with E-state index < -0.39 is 0 Å². The molecule has 0 spiro atoms. The van der Waals surface area contributed by atoms with Crippen molar-refractivity contribution in [2.24, 2.45) is 5.16 Å². The van der Waals surface area contributed by atoms with Crippen molar-refractivity contribution in [1.82, 2.24) is 4.98 Å². The fourth-order valence-electron chi connectivity index (χ4n) is 3.26. The fourth-order valence-corrected chi connectivity index (χ4v) is 4.85. The molecule has 1 aromatic heterocycles. The average Bonchev–Trinajstić information content (AvgIpc) is 3.35. The topological polar surface area (TPSA) is 60.3 Å². The Kier molecular flexibility index (Phi) is 5.17. The molecule has 8 heteroatoms. The van der Waals surface area contributed by atoms with Gasteiger partial charge < -0.3 is 14.3 Å². The van der Waals surface area contributed by atoms with Crippen molar-refractivity contribution in [1.29, 1.82) is 0 Å². The largest absolute Gasteiger partial charge is 0.426 e. The number of thiazole rings is 1. The van der Waals surface area contributed by atoms with Crippen LogP contribution in [0, 0.1) is 0 Å². The number of hydrogen-bond acceptors (Lipinski definition) is 6. The summed E-state index contributed by atoms with van der Waals surface area (Å²) in [7, 11) is 0. The first kappa shape index (κ1) is 17.1. The fraction of sp³-hybridized carbons (Fsp3) is 0.412. The van der Waals surface area contributed by atoms with E-state index in [9.17, 15) is 0 Å². The monoisotopic (exact) mass is 396 g/mol. The van der Waals surface area contributed by atoms with Crippen molar-refractivity contribution < 1.29 is 14.3 Å². The summed E-state index contributed by atoms with van der Waals surface area (Å²) in [6, 6.07) is 5.62. The van der Waals surface area contributed by atoms with Gasteiger partial charge in [-0.25, -0.2) is 4.98 Å². The molecule has 2 aromatic rings. The third-order valence-corrected chi connectivity index (χ3v) is 6.20. The number of rotatable bonds is 5. The van der Waals surface area contributed by atoms with Gasteiger partial charge in [0.1, 0.15) is 16.5 Å². The maximum absolute atomic E-state index is 6.39. The number of benzene rings is 1. The Bertz CT molecular complexity index is 790. The van der Waals surface area contributed by atoms with Gasteiger partial charge in [0.05, 0.1) is 47.3 Å². The first-order valence-electron chi connectivity index (χ1n) is 8.25. The minimum Gasteiger partial charge on any atom is -0.426 e. The van der Waals surface area contributed by atoms with Crippen LogP contribution in [0.3, 0.4) is 0 Å². The molecule has 0 amide bonds. The molecule has 0 aliphatic carbocycles. The Morgan fingerprint density at radius 3 is 3.16 bits per heavy atom. The van der Waals surface area contributed by atoms with E-state index in [1.165, 1.54) is 30.0 Å². The van der Waals surface area contributed by atoms with E-state index in [0.717, 1.165) is 29.3 Å². The van der Waals surface area contributed by atoms with Gasteiger partial charge >= 0.3 is 0 Å². The number of oxime groups is 1. The minimum absolute atomic E-state index is 0.240. The van der Waals surface area contributed by atoms with E-state index in [2.05, 4.69) is 15.9 Å². The molecule has 25 heavy (non-hydrogen) atoms. The van der Waals surface area contributed by atoms with Crippen molar-refractivity contribution in [2.75, 3.05) is 19.3 Å². The van der Waals surface area contributed by atoms with E-state index in [0.29, 0.717) is 17.4 Å².